The maximum atomic E-state index is 6.30. The van der Waals surface area contributed by atoms with Gasteiger partial charge in [0, 0.05) is 10.5 Å². The minimum atomic E-state index is -0.0775. The molecule has 0 aliphatic carbocycles. The number of hydrogen-bond acceptors (Lipinski definition) is 3. The van der Waals surface area contributed by atoms with Crippen molar-refractivity contribution in [3.63, 3.8) is 0 Å². The molecular formula is C15H14BrNO2. The van der Waals surface area contributed by atoms with Crippen LogP contribution >= 0.6 is 15.9 Å². The molecule has 0 saturated heterocycles. The molecule has 3 rings (SSSR count). The Bertz CT molecular complexity index is 586. The molecule has 0 aromatic heterocycles. The average Bonchev–Trinajstić information content (AvgIpc) is 2.86. The highest BCUT2D eigenvalue weighted by atomic mass is 79.9. The quantitative estimate of drug-likeness (QED) is 0.942. The number of rotatable bonds is 3. The SMILES string of the molecule is NC(Cc1ccccc1)c1cc2c(cc1Br)OCO2. The first-order chi connectivity index (χ1) is 9.24. The van der Waals surface area contributed by atoms with Crippen molar-refractivity contribution in [2.45, 2.75) is 12.5 Å². The Balaban J connectivity index is 1.86. The van der Waals surface area contributed by atoms with Crippen LogP contribution in [-0.2, 0) is 6.42 Å². The fourth-order valence-corrected chi connectivity index (χ4v) is 2.81. The van der Waals surface area contributed by atoms with Gasteiger partial charge in [0.15, 0.2) is 11.5 Å². The van der Waals surface area contributed by atoms with Gasteiger partial charge in [0.25, 0.3) is 0 Å². The Labute approximate surface area is 120 Å². The first-order valence-electron chi connectivity index (χ1n) is 6.12. The minimum absolute atomic E-state index is 0.0775. The number of nitrogens with two attached hydrogens (primary N) is 1. The number of fused-ring (bicyclic) bond motifs is 1. The number of hydrogen-bond donors (Lipinski definition) is 1. The highest BCUT2D eigenvalue weighted by molar-refractivity contribution is 9.10. The topological polar surface area (TPSA) is 44.5 Å². The molecule has 2 aromatic rings. The Morgan fingerprint density at radius 2 is 1.79 bits per heavy atom. The Hall–Kier alpha value is -1.52. The molecule has 0 fully saturated rings. The van der Waals surface area contributed by atoms with E-state index in [9.17, 15) is 0 Å². The minimum Gasteiger partial charge on any atom is -0.454 e. The molecule has 0 spiro atoms. The Morgan fingerprint density at radius 3 is 2.53 bits per heavy atom. The third-order valence-electron chi connectivity index (χ3n) is 3.19. The van der Waals surface area contributed by atoms with E-state index in [1.54, 1.807) is 0 Å². The number of benzene rings is 2. The Kier molecular flexibility index (Phi) is 3.44. The van der Waals surface area contributed by atoms with Gasteiger partial charge in [-0.15, -0.1) is 0 Å². The van der Waals surface area contributed by atoms with E-state index in [1.165, 1.54) is 5.56 Å². The molecule has 1 heterocycles. The molecule has 0 saturated carbocycles. The summed E-state index contributed by atoms with van der Waals surface area (Å²) in [7, 11) is 0. The summed E-state index contributed by atoms with van der Waals surface area (Å²) in [5.41, 5.74) is 8.55. The monoisotopic (exact) mass is 319 g/mol. The van der Waals surface area contributed by atoms with Gasteiger partial charge in [-0.05, 0) is 29.7 Å². The predicted octanol–water partition coefficient (Wildman–Crippen LogP) is 3.42. The van der Waals surface area contributed by atoms with Crippen molar-refractivity contribution in [2.75, 3.05) is 6.79 Å². The summed E-state index contributed by atoms with van der Waals surface area (Å²) < 4.78 is 11.7. The second-order valence-electron chi connectivity index (χ2n) is 4.52. The molecule has 2 N–H and O–H groups in total. The zero-order chi connectivity index (χ0) is 13.2. The van der Waals surface area contributed by atoms with Gasteiger partial charge in [0.1, 0.15) is 0 Å². The van der Waals surface area contributed by atoms with Crippen molar-refractivity contribution in [1.29, 1.82) is 0 Å². The van der Waals surface area contributed by atoms with Crippen molar-refractivity contribution >= 4 is 15.9 Å². The molecule has 1 aliphatic rings. The van der Waals surface area contributed by atoms with E-state index in [-0.39, 0.29) is 12.8 Å². The van der Waals surface area contributed by atoms with Crippen LogP contribution < -0.4 is 15.2 Å². The van der Waals surface area contributed by atoms with Crippen molar-refractivity contribution < 1.29 is 9.47 Å². The van der Waals surface area contributed by atoms with E-state index in [1.807, 2.05) is 30.3 Å². The molecule has 0 radical (unpaired) electrons. The first-order valence-corrected chi connectivity index (χ1v) is 6.92. The van der Waals surface area contributed by atoms with Gasteiger partial charge in [0.2, 0.25) is 6.79 Å². The smallest absolute Gasteiger partial charge is 0.231 e. The van der Waals surface area contributed by atoms with Crippen molar-refractivity contribution in [2.24, 2.45) is 5.73 Å². The summed E-state index contributed by atoms with van der Waals surface area (Å²) in [5.74, 6) is 1.53. The lowest BCUT2D eigenvalue weighted by Crippen LogP contribution is -2.14. The fourth-order valence-electron chi connectivity index (χ4n) is 2.20. The van der Waals surface area contributed by atoms with Crippen LogP contribution in [0.25, 0.3) is 0 Å². The average molecular weight is 320 g/mol. The van der Waals surface area contributed by atoms with Gasteiger partial charge in [-0.2, -0.15) is 0 Å². The van der Waals surface area contributed by atoms with Crippen molar-refractivity contribution in [1.82, 2.24) is 0 Å². The third-order valence-corrected chi connectivity index (χ3v) is 3.88. The first kappa shape index (κ1) is 12.5. The lowest BCUT2D eigenvalue weighted by molar-refractivity contribution is 0.174. The summed E-state index contributed by atoms with van der Waals surface area (Å²) in [6, 6.07) is 14.0. The maximum absolute atomic E-state index is 6.30. The largest absolute Gasteiger partial charge is 0.454 e. The van der Waals surface area contributed by atoms with E-state index < -0.39 is 0 Å². The molecule has 3 nitrogen and oxygen atoms in total. The van der Waals surface area contributed by atoms with E-state index in [0.717, 1.165) is 28.0 Å². The summed E-state index contributed by atoms with van der Waals surface area (Å²) in [5, 5.41) is 0. The Morgan fingerprint density at radius 1 is 1.11 bits per heavy atom. The zero-order valence-electron chi connectivity index (χ0n) is 10.3. The number of ether oxygens (including phenoxy) is 2. The predicted molar refractivity (Wildman–Crippen MR) is 77.3 cm³/mol. The lowest BCUT2D eigenvalue weighted by Gasteiger charge is -2.14. The maximum Gasteiger partial charge on any atom is 0.231 e. The van der Waals surface area contributed by atoms with Crippen LogP contribution in [-0.4, -0.2) is 6.79 Å². The highest BCUT2D eigenvalue weighted by Gasteiger charge is 2.19. The van der Waals surface area contributed by atoms with Gasteiger partial charge < -0.3 is 15.2 Å². The van der Waals surface area contributed by atoms with Crippen LogP contribution in [0.15, 0.2) is 46.9 Å². The molecular weight excluding hydrogens is 306 g/mol. The summed E-state index contributed by atoms with van der Waals surface area (Å²) >= 11 is 3.55. The van der Waals surface area contributed by atoms with Crippen molar-refractivity contribution in [3.8, 4) is 11.5 Å². The fraction of sp³-hybridized carbons (Fsp3) is 0.200. The summed E-state index contributed by atoms with van der Waals surface area (Å²) in [6.45, 7) is 0.277. The normalized spacial score (nSPS) is 14.4. The third kappa shape index (κ3) is 2.60. The zero-order valence-corrected chi connectivity index (χ0v) is 11.9. The lowest BCUT2D eigenvalue weighted by atomic mass is 9.99. The molecule has 4 heteroatoms. The van der Waals surface area contributed by atoms with Crippen LogP contribution in [0.2, 0.25) is 0 Å². The molecule has 1 unspecified atom stereocenters. The van der Waals surface area contributed by atoms with Gasteiger partial charge in [-0.25, -0.2) is 0 Å². The molecule has 19 heavy (non-hydrogen) atoms. The van der Waals surface area contributed by atoms with Gasteiger partial charge in [0.05, 0.1) is 0 Å². The molecule has 1 aliphatic heterocycles. The van der Waals surface area contributed by atoms with Gasteiger partial charge in [-0.1, -0.05) is 46.3 Å². The van der Waals surface area contributed by atoms with Crippen LogP contribution in [0.5, 0.6) is 11.5 Å². The summed E-state index contributed by atoms with van der Waals surface area (Å²) in [6.07, 6.45) is 0.791. The second-order valence-corrected chi connectivity index (χ2v) is 5.38. The van der Waals surface area contributed by atoms with E-state index in [2.05, 4.69) is 28.1 Å². The van der Waals surface area contributed by atoms with Gasteiger partial charge in [-0.3, -0.25) is 0 Å². The van der Waals surface area contributed by atoms with E-state index in [0.29, 0.717) is 0 Å². The van der Waals surface area contributed by atoms with Crippen LogP contribution in [0.4, 0.5) is 0 Å². The molecule has 0 amide bonds. The summed E-state index contributed by atoms with van der Waals surface area (Å²) in [4.78, 5) is 0. The van der Waals surface area contributed by atoms with Crippen LogP contribution in [0.3, 0.4) is 0 Å². The van der Waals surface area contributed by atoms with Gasteiger partial charge >= 0.3 is 0 Å². The van der Waals surface area contributed by atoms with E-state index in [4.69, 9.17) is 15.2 Å². The molecule has 1 atom stereocenters. The van der Waals surface area contributed by atoms with Crippen LogP contribution in [0.1, 0.15) is 17.2 Å². The molecule has 98 valence electrons. The second kappa shape index (κ2) is 5.23. The van der Waals surface area contributed by atoms with Crippen molar-refractivity contribution in [3.05, 3.63) is 58.1 Å². The number of halogens is 1. The standard InChI is InChI=1S/C15H14BrNO2/c16-12-8-15-14(18-9-19-15)7-11(12)13(17)6-10-4-2-1-3-5-10/h1-5,7-8,13H,6,9,17H2. The molecule has 2 aromatic carbocycles. The highest BCUT2D eigenvalue weighted by Crippen LogP contribution is 2.39. The van der Waals surface area contributed by atoms with E-state index >= 15 is 0 Å². The van der Waals surface area contributed by atoms with Crippen LogP contribution in [0, 0.1) is 0 Å². The molecule has 0 bridgehead atoms.